The van der Waals surface area contributed by atoms with Crippen LogP contribution in [0.3, 0.4) is 0 Å². The van der Waals surface area contributed by atoms with Gasteiger partial charge in [0.05, 0.1) is 33.3 Å². The first-order valence-electron chi connectivity index (χ1n) is 17.7. The molecule has 8 aromatic carbocycles. The monoisotopic (exact) mass is 662 g/mol. The molecule has 11 rings (SSSR count). The molecule has 0 saturated carbocycles. The molecular formula is C48H30N4. The van der Waals surface area contributed by atoms with Crippen LogP contribution >= 0.6 is 0 Å². The summed E-state index contributed by atoms with van der Waals surface area (Å²) >= 11 is 0. The third kappa shape index (κ3) is 4.21. The van der Waals surface area contributed by atoms with Gasteiger partial charge in [-0.05, 0) is 70.4 Å². The molecule has 52 heavy (non-hydrogen) atoms. The van der Waals surface area contributed by atoms with E-state index >= 15 is 0 Å². The molecule has 4 nitrogen and oxygen atoms in total. The van der Waals surface area contributed by atoms with Crippen LogP contribution < -0.4 is 0 Å². The highest BCUT2D eigenvalue weighted by Crippen LogP contribution is 2.43. The fraction of sp³-hybridized carbons (Fsp3) is 0. The number of rotatable bonds is 4. The Morgan fingerprint density at radius 2 is 0.942 bits per heavy atom. The van der Waals surface area contributed by atoms with Gasteiger partial charge >= 0.3 is 0 Å². The average Bonchev–Trinajstić information content (AvgIpc) is 3.73. The minimum atomic E-state index is 0.663. The van der Waals surface area contributed by atoms with Crippen molar-refractivity contribution in [1.82, 2.24) is 19.1 Å². The lowest BCUT2D eigenvalue weighted by atomic mass is 9.94. The Balaban J connectivity index is 1.19. The van der Waals surface area contributed by atoms with Crippen LogP contribution in [0.5, 0.6) is 0 Å². The van der Waals surface area contributed by atoms with Crippen molar-refractivity contribution in [2.24, 2.45) is 0 Å². The van der Waals surface area contributed by atoms with Gasteiger partial charge in [-0.25, -0.2) is 9.97 Å². The van der Waals surface area contributed by atoms with Crippen molar-refractivity contribution >= 4 is 65.3 Å². The Kier molecular flexibility index (Phi) is 6.22. The lowest BCUT2D eigenvalue weighted by molar-refractivity contribution is 1.01. The lowest BCUT2D eigenvalue weighted by Gasteiger charge is -2.13. The van der Waals surface area contributed by atoms with Crippen LogP contribution in [0.15, 0.2) is 182 Å². The van der Waals surface area contributed by atoms with Gasteiger partial charge in [0.2, 0.25) is 5.95 Å². The second-order valence-corrected chi connectivity index (χ2v) is 13.4. The SMILES string of the molecule is c1ccc(-c2nc(-n3c4ccccc4c4cc(-c5cc6c(c7ccccc57)c5ccccc5n6-c5ccccc5)ccc43)nc3ccccc23)cc1. The van der Waals surface area contributed by atoms with E-state index in [9.17, 15) is 0 Å². The van der Waals surface area contributed by atoms with Crippen molar-refractivity contribution in [3.8, 4) is 34.0 Å². The maximum Gasteiger partial charge on any atom is 0.235 e. The first kappa shape index (κ1) is 28.8. The summed E-state index contributed by atoms with van der Waals surface area (Å²) in [4.78, 5) is 10.4. The third-order valence-corrected chi connectivity index (χ3v) is 10.5. The van der Waals surface area contributed by atoms with Gasteiger partial charge in [0.15, 0.2) is 0 Å². The number of nitrogens with zero attached hydrogens (tertiary/aromatic N) is 4. The Labute approximate surface area is 299 Å². The molecule has 0 aliphatic heterocycles. The number of hydrogen-bond donors (Lipinski definition) is 0. The molecule has 0 aliphatic carbocycles. The molecule has 0 saturated heterocycles. The lowest BCUT2D eigenvalue weighted by Crippen LogP contribution is -2.03. The van der Waals surface area contributed by atoms with E-state index in [0.717, 1.165) is 38.9 Å². The van der Waals surface area contributed by atoms with Gasteiger partial charge in [0.25, 0.3) is 0 Å². The summed E-state index contributed by atoms with van der Waals surface area (Å²) in [7, 11) is 0. The minimum absolute atomic E-state index is 0.663. The number of fused-ring (bicyclic) bond motifs is 9. The van der Waals surface area contributed by atoms with E-state index in [4.69, 9.17) is 9.97 Å². The molecule has 3 heterocycles. The summed E-state index contributed by atoms with van der Waals surface area (Å²) < 4.78 is 4.63. The molecule has 0 fully saturated rings. The second-order valence-electron chi connectivity index (χ2n) is 13.4. The fourth-order valence-corrected chi connectivity index (χ4v) is 8.26. The number of para-hydroxylation sites is 4. The Bertz CT molecular complexity index is 3170. The highest BCUT2D eigenvalue weighted by Gasteiger charge is 2.20. The van der Waals surface area contributed by atoms with E-state index in [1.807, 2.05) is 12.1 Å². The largest absolute Gasteiger partial charge is 0.309 e. The molecule has 0 radical (unpaired) electrons. The van der Waals surface area contributed by atoms with Gasteiger partial charge in [0, 0.05) is 38.2 Å². The van der Waals surface area contributed by atoms with Crippen LogP contribution in [0.25, 0.3) is 99.3 Å². The smallest absolute Gasteiger partial charge is 0.235 e. The maximum absolute atomic E-state index is 5.28. The summed E-state index contributed by atoms with van der Waals surface area (Å²) in [5.74, 6) is 0.663. The van der Waals surface area contributed by atoms with Crippen molar-refractivity contribution < 1.29 is 0 Å². The van der Waals surface area contributed by atoms with Gasteiger partial charge in [0.1, 0.15) is 0 Å². The van der Waals surface area contributed by atoms with E-state index in [1.54, 1.807) is 0 Å². The summed E-state index contributed by atoms with van der Waals surface area (Å²) in [5, 5.41) is 8.39. The standard InChI is InChI=1S/C48H30N4/c1-3-15-31(16-4-1)47-37-22-9-12-24-41(37)49-48(50-47)52-42-25-13-10-20-35(42)40-29-32(27-28-44(40)52)39-30-45-46(36-21-8-7-19-34(36)39)38-23-11-14-26-43(38)51(45)33-17-5-2-6-18-33/h1-30H. The minimum Gasteiger partial charge on any atom is -0.309 e. The molecule has 11 aromatic rings. The summed E-state index contributed by atoms with van der Waals surface area (Å²) in [5.41, 5.74) is 11.0. The van der Waals surface area contributed by atoms with Gasteiger partial charge in [-0.1, -0.05) is 133 Å². The molecule has 0 bridgehead atoms. The zero-order valence-electron chi connectivity index (χ0n) is 28.1. The zero-order valence-corrected chi connectivity index (χ0v) is 28.1. The predicted octanol–water partition coefficient (Wildman–Crippen LogP) is 12.3. The van der Waals surface area contributed by atoms with Crippen LogP contribution in [0.1, 0.15) is 0 Å². The van der Waals surface area contributed by atoms with E-state index in [0.29, 0.717) is 5.95 Å². The van der Waals surface area contributed by atoms with Gasteiger partial charge in [-0.15, -0.1) is 0 Å². The van der Waals surface area contributed by atoms with E-state index in [-0.39, 0.29) is 0 Å². The average molecular weight is 663 g/mol. The first-order chi connectivity index (χ1) is 25.8. The van der Waals surface area contributed by atoms with E-state index in [2.05, 4.69) is 179 Å². The van der Waals surface area contributed by atoms with Crippen molar-refractivity contribution in [3.05, 3.63) is 182 Å². The van der Waals surface area contributed by atoms with Crippen molar-refractivity contribution in [3.63, 3.8) is 0 Å². The van der Waals surface area contributed by atoms with Crippen LogP contribution in [-0.4, -0.2) is 19.1 Å². The normalized spacial score (nSPS) is 11.8. The highest BCUT2D eigenvalue weighted by molar-refractivity contribution is 6.24. The van der Waals surface area contributed by atoms with Gasteiger partial charge in [-0.2, -0.15) is 0 Å². The van der Waals surface area contributed by atoms with Gasteiger partial charge in [-0.3, -0.25) is 4.57 Å². The summed E-state index contributed by atoms with van der Waals surface area (Å²) in [6.45, 7) is 0. The number of aromatic nitrogens is 4. The Morgan fingerprint density at radius 3 is 1.73 bits per heavy atom. The summed E-state index contributed by atoms with van der Waals surface area (Å²) in [6, 6.07) is 64.9. The second kappa shape index (κ2) is 11.2. The fourth-order valence-electron chi connectivity index (χ4n) is 8.26. The van der Waals surface area contributed by atoms with Crippen molar-refractivity contribution in [1.29, 1.82) is 0 Å². The molecule has 0 unspecified atom stereocenters. The molecule has 3 aromatic heterocycles. The molecule has 0 aliphatic rings. The summed E-state index contributed by atoms with van der Waals surface area (Å²) in [6.07, 6.45) is 0. The third-order valence-electron chi connectivity index (χ3n) is 10.5. The molecule has 0 N–H and O–H groups in total. The van der Waals surface area contributed by atoms with Crippen LogP contribution in [-0.2, 0) is 0 Å². The molecule has 4 heteroatoms. The van der Waals surface area contributed by atoms with E-state index < -0.39 is 0 Å². The van der Waals surface area contributed by atoms with Crippen LogP contribution in [0.4, 0.5) is 0 Å². The first-order valence-corrected chi connectivity index (χ1v) is 17.7. The molecular weight excluding hydrogens is 633 g/mol. The number of benzene rings is 8. The molecule has 0 atom stereocenters. The Morgan fingerprint density at radius 1 is 0.346 bits per heavy atom. The quantitative estimate of drug-likeness (QED) is 0.188. The highest BCUT2D eigenvalue weighted by atomic mass is 15.2. The van der Waals surface area contributed by atoms with Crippen molar-refractivity contribution in [2.45, 2.75) is 0 Å². The molecule has 0 amide bonds. The zero-order chi connectivity index (χ0) is 34.2. The van der Waals surface area contributed by atoms with E-state index in [1.165, 1.54) is 54.5 Å². The topological polar surface area (TPSA) is 35.6 Å². The maximum atomic E-state index is 5.28. The predicted molar refractivity (Wildman–Crippen MR) is 217 cm³/mol. The number of hydrogen-bond acceptors (Lipinski definition) is 2. The van der Waals surface area contributed by atoms with Gasteiger partial charge < -0.3 is 4.57 Å². The Hall–Kier alpha value is -7.04. The molecule has 0 spiro atoms. The van der Waals surface area contributed by atoms with Crippen LogP contribution in [0.2, 0.25) is 0 Å². The van der Waals surface area contributed by atoms with Crippen molar-refractivity contribution in [2.75, 3.05) is 0 Å². The van der Waals surface area contributed by atoms with Crippen LogP contribution in [0, 0.1) is 0 Å². The molecule has 242 valence electrons.